The average Bonchev–Trinajstić information content (AvgIpc) is 2.62. The molecule has 2 rings (SSSR count). The van der Waals surface area contributed by atoms with Gasteiger partial charge in [0.15, 0.2) is 0 Å². The minimum atomic E-state index is -0.278. The Balaban J connectivity index is 1.80. The van der Waals surface area contributed by atoms with Crippen LogP contribution >= 0.6 is 0 Å². The fourth-order valence-electron chi connectivity index (χ4n) is 1.62. The van der Waals surface area contributed by atoms with E-state index in [1.165, 1.54) is 0 Å². The Morgan fingerprint density at radius 3 is 2.77 bits per heavy atom. The number of nitrogens with one attached hydrogen (secondary N) is 2. The molecule has 0 spiro atoms. The first-order valence-electron chi connectivity index (χ1n) is 4.76. The second-order valence-corrected chi connectivity index (χ2v) is 3.99. The van der Waals surface area contributed by atoms with Gasteiger partial charge in [-0.2, -0.15) is 0 Å². The molecule has 0 aromatic heterocycles. The maximum Gasteiger partial charge on any atom is 0.242 e. The third kappa shape index (κ3) is 1.82. The number of carbonyl (C=O) groups excluding carboxylic acids is 2. The van der Waals surface area contributed by atoms with Gasteiger partial charge in [0.05, 0.1) is 0 Å². The average molecular weight is 182 g/mol. The van der Waals surface area contributed by atoms with Crippen LogP contribution in [0.5, 0.6) is 0 Å². The maximum absolute atomic E-state index is 11.5. The van der Waals surface area contributed by atoms with Crippen LogP contribution in [0.25, 0.3) is 0 Å². The molecule has 1 saturated heterocycles. The van der Waals surface area contributed by atoms with Gasteiger partial charge >= 0.3 is 0 Å². The molecule has 4 nitrogen and oxygen atoms in total. The highest BCUT2D eigenvalue weighted by atomic mass is 16.2. The van der Waals surface area contributed by atoms with E-state index in [1.54, 1.807) is 0 Å². The Hall–Kier alpha value is -1.06. The van der Waals surface area contributed by atoms with Gasteiger partial charge in [0.1, 0.15) is 6.04 Å². The van der Waals surface area contributed by atoms with E-state index in [9.17, 15) is 9.59 Å². The van der Waals surface area contributed by atoms with Gasteiger partial charge in [0, 0.05) is 12.5 Å². The Kier molecular flexibility index (Phi) is 1.98. The lowest BCUT2D eigenvalue weighted by molar-refractivity contribution is -0.125. The molecule has 1 aliphatic carbocycles. The number of hydrogen-bond donors (Lipinski definition) is 2. The lowest BCUT2D eigenvalue weighted by atomic mass is 10.2. The third-order valence-corrected chi connectivity index (χ3v) is 2.75. The standard InChI is InChI=1S/C9H14N2O2/c1-5-4-7(5)11-9(13)6-2-3-8(12)10-6/h5-7H,2-4H2,1H3,(H,10,12)(H,11,13)/t5-,6?,7-/m1/s1. The number of hydrogen-bond acceptors (Lipinski definition) is 2. The summed E-state index contributed by atoms with van der Waals surface area (Å²) >= 11 is 0. The van der Waals surface area contributed by atoms with E-state index in [0.29, 0.717) is 24.8 Å². The molecule has 72 valence electrons. The second kappa shape index (κ2) is 3.01. The van der Waals surface area contributed by atoms with Gasteiger partial charge in [0.25, 0.3) is 0 Å². The van der Waals surface area contributed by atoms with E-state index >= 15 is 0 Å². The highest BCUT2D eigenvalue weighted by Gasteiger charge is 2.36. The first kappa shape index (κ1) is 8.53. The van der Waals surface area contributed by atoms with E-state index in [-0.39, 0.29) is 17.9 Å². The Morgan fingerprint density at radius 2 is 2.31 bits per heavy atom. The molecule has 2 fully saturated rings. The van der Waals surface area contributed by atoms with Crippen molar-refractivity contribution in [3.05, 3.63) is 0 Å². The molecule has 2 amide bonds. The van der Waals surface area contributed by atoms with Crippen LogP contribution < -0.4 is 10.6 Å². The van der Waals surface area contributed by atoms with Gasteiger partial charge in [-0.25, -0.2) is 0 Å². The van der Waals surface area contributed by atoms with Gasteiger partial charge in [-0.3, -0.25) is 9.59 Å². The van der Waals surface area contributed by atoms with Crippen LogP contribution in [0.3, 0.4) is 0 Å². The fraction of sp³-hybridized carbons (Fsp3) is 0.778. The van der Waals surface area contributed by atoms with Crippen LogP contribution in [0.1, 0.15) is 26.2 Å². The van der Waals surface area contributed by atoms with Gasteiger partial charge < -0.3 is 10.6 Å². The predicted molar refractivity (Wildman–Crippen MR) is 46.9 cm³/mol. The Labute approximate surface area is 77.1 Å². The molecule has 2 N–H and O–H groups in total. The van der Waals surface area contributed by atoms with E-state index in [1.807, 2.05) is 0 Å². The quantitative estimate of drug-likeness (QED) is 0.620. The highest BCUT2D eigenvalue weighted by Crippen LogP contribution is 2.29. The Bertz CT molecular complexity index is 252. The highest BCUT2D eigenvalue weighted by molar-refractivity contribution is 5.91. The molecule has 0 radical (unpaired) electrons. The van der Waals surface area contributed by atoms with Crippen molar-refractivity contribution in [2.75, 3.05) is 0 Å². The third-order valence-electron chi connectivity index (χ3n) is 2.75. The zero-order chi connectivity index (χ0) is 9.42. The summed E-state index contributed by atoms with van der Waals surface area (Å²) in [5, 5.41) is 5.56. The van der Waals surface area contributed by atoms with Crippen molar-refractivity contribution in [3.8, 4) is 0 Å². The van der Waals surface area contributed by atoms with Crippen molar-refractivity contribution in [2.24, 2.45) is 5.92 Å². The molecule has 2 aliphatic rings. The smallest absolute Gasteiger partial charge is 0.242 e. The van der Waals surface area contributed by atoms with Crippen LogP contribution in [0, 0.1) is 5.92 Å². The first-order chi connectivity index (χ1) is 6.16. The molecule has 1 aliphatic heterocycles. The summed E-state index contributed by atoms with van der Waals surface area (Å²) in [6.07, 6.45) is 2.20. The lowest BCUT2D eigenvalue weighted by Crippen LogP contribution is -2.42. The van der Waals surface area contributed by atoms with Crippen molar-refractivity contribution < 1.29 is 9.59 Å². The second-order valence-electron chi connectivity index (χ2n) is 3.99. The number of carbonyl (C=O) groups is 2. The molecule has 13 heavy (non-hydrogen) atoms. The van der Waals surface area contributed by atoms with Crippen molar-refractivity contribution in [1.29, 1.82) is 0 Å². The summed E-state index contributed by atoms with van der Waals surface area (Å²) in [5.41, 5.74) is 0. The molecule has 1 heterocycles. The summed E-state index contributed by atoms with van der Waals surface area (Å²) in [6, 6.07) is 0.0744. The summed E-state index contributed by atoms with van der Waals surface area (Å²) < 4.78 is 0. The lowest BCUT2D eigenvalue weighted by Gasteiger charge is -2.09. The zero-order valence-corrected chi connectivity index (χ0v) is 7.67. The van der Waals surface area contributed by atoms with E-state index in [0.717, 1.165) is 6.42 Å². The van der Waals surface area contributed by atoms with Crippen LogP contribution in [-0.4, -0.2) is 23.9 Å². The molecule has 4 heteroatoms. The molecular weight excluding hydrogens is 168 g/mol. The summed E-state index contributed by atoms with van der Waals surface area (Å²) in [6.45, 7) is 2.11. The SMILES string of the molecule is C[C@@H]1C[C@H]1NC(=O)C1CCC(=O)N1. The van der Waals surface area contributed by atoms with Gasteiger partial charge in [-0.15, -0.1) is 0 Å². The normalized spacial score (nSPS) is 37.0. The minimum absolute atomic E-state index is 0.0102. The molecular formula is C9H14N2O2. The van der Waals surface area contributed by atoms with Crippen molar-refractivity contribution >= 4 is 11.8 Å². The van der Waals surface area contributed by atoms with E-state index in [4.69, 9.17) is 0 Å². The van der Waals surface area contributed by atoms with Crippen LogP contribution in [0.2, 0.25) is 0 Å². The summed E-state index contributed by atoms with van der Waals surface area (Å²) in [5.74, 6) is 0.588. The van der Waals surface area contributed by atoms with Gasteiger partial charge in [-0.05, 0) is 18.8 Å². The predicted octanol–water partition coefficient (Wildman–Crippen LogP) is -0.210. The van der Waals surface area contributed by atoms with Crippen LogP contribution in [0.15, 0.2) is 0 Å². The van der Waals surface area contributed by atoms with Crippen LogP contribution in [-0.2, 0) is 9.59 Å². The molecule has 1 saturated carbocycles. The largest absolute Gasteiger partial charge is 0.351 e. The van der Waals surface area contributed by atoms with Crippen molar-refractivity contribution in [3.63, 3.8) is 0 Å². The van der Waals surface area contributed by atoms with E-state index in [2.05, 4.69) is 17.6 Å². The molecule has 3 atom stereocenters. The number of amides is 2. The van der Waals surface area contributed by atoms with Crippen molar-refractivity contribution in [2.45, 2.75) is 38.3 Å². The van der Waals surface area contributed by atoms with Gasteiger partial charge in [-0.1, -0.05) is 6.92 Å². The fourth-order valence-corrected chi connectivity index (χ4v) is 1.62. The maximum atomic E-state index is 11.5. The van der Waals surface area contributed by atoms with Crippen LogP contribution in [0.4, 0.5) is 0 Å². The summed E-state index contributed by atoms with van der Waals surface area (Å²) in [7, 11) is 0. The topological polar surface area (TPSA) is 58.2 Å². The molecule has 0 aromatic rings. The molecule has 0 aromatic carbocycles. The summed E-state index contributed by atoms with van der Waals surface area (Å²) in [4.78, 5) is 22.3. The molecule has 0 bridgehead atoms. The zero-order valence-electron chi connectivity index (χ0n) is 7.67. The Morgan fingerprint density at radius 1 is 1.62 bits per heavy atom. The monoisotopic (exact) mass is 182 g/mol. The molecule has 1 unspecified atom stereocenters. The van der Waals surface area contributed by atoms with E-state index < -0.39 is 0 Å². The minimum Gasteiger partial charge on any atom is -0.351 e. The van der Waals surface area contributed by atoms with Crippen molar-refractivity contribution in [1.82, 2.24) is 10.6 Å². The first-order valence-corrected chi connectivity index (χ1v) is 4.76. The van der Waals surface area contributed by atoms with Gasteiger partial charge in [0.2, 0.25) is 11.8 Å². The number of rotatable bonds is 2.